The minimum atomic E-state index is 0.0280. The summed E-state index contributed by atoms with van der Waals surface area (Å²) < 4.78 is 0. The lowest BCUT2D eigenvalue weighted by Gasteiger charge is -2.22. The molecular formula is C14H20N2O2. The maximum atomic E-state index is 11.8. The van der Waals surface area contributed by atoms with Gasteiger partial charge in [-0.15, -0.1) is 0 Å². The Morgan fingerprint density at radius 1 is 1.33 bits per heavy atom. The standard InChI is InChI=1S/C14H20N2O2/c17-10-11-4-6-12(7-5-11)16-14(18)9-13-3-1-2-8-15-13/h4-7,13,15,17H,1-3,8-10H2,(H,16,18). The van der Waals surface area contributed by atoms with E-state index in [4.69, 9.17) is 5.11 Å². The predicted octanol–water partition coefficient (Wildman–Crippen LogP) is 1.65. The van der Waals surface area contributed by atoms with Crippen molar-refractivity contribution < 1.29 is 9.90 Å². The van der Waals surface area contributed by atoms with Crippen LogP contribution in [-0.2, 0) is 11.4 Å². The van der Waals surface area contributed by atoms with Crippen LogP contribution in [0.5, 0.6) is 0 Å². The fraction of sp³-hybridized carbons (Fsp3) is 0.500. The van der Waals surface area contributed by atoms with Crippen LogP contribution in [0.4, 0.5) is 5.69 Å². The summed E-state index contributed by atoms with van der Waals surface area (Å²) in [4.78, 5) is 11.8. The number of benzene rings is 1. The van der Waals surface area contributed by atoms with Crippen molar-refractivity contribution in [2.24, 2.45) is 0 Å². The normalized spacial score (nSPS) is 19.5. The van der Waals surface area contributed by atoms with Crippen LogP contribution < -0.4 is 10.6 Å². The fourth-order valence-electron chi connectivity index (χ4n) is 2.23. The summed E-state index contributed by atoms with van der Waals surface area (Å²) in [7, 11) is 0. The smallest absolute Gasteiger partial charge is 0.225 e. The summed E-state index contributed by atoms with van der Waals surface area (Å²) in [6.07, 6.45) is 4.02. The van der Waals surface area contributed by atoms with Crippen molar-refractivity contribution in [1.29, 1.82) is 0 Å². The Morgan fingerprint density at radius 3 is 2.72 bits per heavy atom. The third kappa shape index (κ3) is 3.82. The van der Waals surface area contributed by atoms with E-state index >= 15 is 0 Å². The van der Waals surface area contributed by atoms with E-state index in [1.807, 2.05) is 24.3 Å². The van der Waals surface area contributed by atoms with Crippen LogP contribution in [0.1, 0.15) is 31.2 Å². The van der Waals surface area contributed by atoms with Gasteiger partial charge in [-0.25, -0.2) is 0 Å². The molecule has 1 heterocycles. The second-order valence-corrected chi connectivity index (χ2v) is 4.75. The van der Waals surface area contributed by atoms with E-state index in [1.165, 1.54) is 12.8 Å². The molecule has 1 unspecified atom stereocenters. The van der Waals surface area contributed by atoms with Gasteiger partial charge < -0.3 is 15.7 Å². The number of aliphatic hydroxyl groups excluding tert-OH is 1. The molecule has 1 aromatic rings. The van der Waals surface area contributed by atoms with Crippen molar-refractivity contribution in [1.82, 2.24) is 5.32 Å². The fourth-order valence-corrected chi connectivity index (χ4v) is 2.23. The number of rotatable bonds is 4. The lowest BCUT2D eigenvalue weighted by atomic mass is 10.0. The minimum absolute atomic E-state index is 0.0280. The largest absolute Gasteiger partial charge is 0.392 e. The van der Waals surface area contributed by atoms with Crippen LogP contribution in [0.3, 0.4) is 0 Å². The lowest BCUT2D eigenvalue weighted by molar-refractivity contribution is -0.116. The van der Waals surface area contributed by atoms with Crippen molar-refractivity contribution in [3.8, 4) is 0 Å². The first-order valence-corrected chi connectivity index (χ1v) is 6.51. The highest BCUT2D eigenvalue weighted by atomic mass is 16.3. The highest BCUT2D eigenvalue weighted by molar-refractivity contribution is 5.91. The number of hydrogen-bond donors (Lipinski definition) is 3. The number of nitrogens with one attached hydrogen (secondary N) is 2. The summed E-state index contributed by atoms with van der Waals surface area (Å²) in [6, 6.07) is 7.58. The monoisotopic (exact) mass is 248 g/mol. The zero-order valence-electron chi connectivity index (χ0n) is 10.5. The highest BCUT2D eigenvalue weighted by Gasteiger charge is 2.16. The number of amides is 1. The van der Waals surface area contributed by atoms with E-state index in [9.17, 15) is 4.79 Å². The molecule has 1 atom stereocenters. The Hall–Kier alpha value is -1.39. The highest BCUT2D eigenvalue weighted by Crippen LogP contribution is 2.13. The van der Waals surface area contributed by atoms with Crippen molar-refractivity contribution >= 4 is 11.6 Å². The zero-order valence-corrected chi connectivity index (χ0v) is 10.5. The first kappa shape index (κ1) is 13.1. The Morgan fingerprint density at radius 2 is 2.11 bits per heavy atom. The summed E-state index contributed by atoms with van der Waals surface area (Å²) in [5.74, 6) is 0.0474. The van der Waals surface area contributed by atoms with Crippen LogP contribution in [0.2, 0.25) is 0 Å². The summed E-state index contributed by atoms with van der Waals surface area (Å²) in [5, 5.41) is 15.2. The molecule has 1 fully saturated rings. The molecule has 4 heteroatoms. The maximum absolute atomic E-state index is 11.8. The molecule has 3 N–H and O–H groups in total. The number of piperidine rings is 1. The average Bonchev–Trinajstić information content (AvgIpc) is 2.40. The van der Waals surface area contributed by atoms with Gasteiger partial charge in [-0.2, -0.15) is 0 Å². The molecule has 0 aromatic heterocycles. The van der Waals surface area contributed by atoms with Crippen LogP contribution in [-0.4, -0.2) is 23.6 Å². The van der Waals surface area contributed by atoms with Gasteiger partial charge in [0, 0.05) is 18.2 Å². The van der Waals surface area contributed by atoms with Crippen LogP contribution >= 0.6 is 0 Å². The van der Waals surface area contributed by atoms with E-state index in [2.05, 4.69) is 10.6 Å². The van der Waals surface area contributed by atoms with Crippen molar-refractivity contribution in [2.45, 2.75) is 38.3 Å². The first-order valence-electron chi connectivity index (χ1n) is 6.51. The van der Waals surface area contributed by atoms with Crippen molar-refractivity contribution in [3.05, 3.63) is 29.8 Å². The maximum Gasteiger partial charge on any atom is 0.225 e. The molecule has 1 aliphatic rings. The third-order valence-electron chi connectivity index (χ3n) is 3.26. The molecule has 0 radical (unpaired) electrons. The Balaban J connectivity index is 1.82. The first-order chi connectivity index (χ1) is 8.78. The quantitative estimate of drug-likeness (QED) is 0.759. The molecule has 4 nitrogen and oxygen atoms in total. The van der Waals surface area contributed by atoms with E-state index in [-0.39, 0.29) is 12.5 Å². The Kier molecular flexibility index (Phi) is 4.73. The summed E-state index contributed by atoms with van der Waals surface area (Å²) >= 11 is 0. The molecule has 1 aromatic carbocycles. The van der Waals surface area contributed by atoms with E-state index in [0.717, 1.165) is 24.2 Å². The number of hydrogen-bond acceptors (Lipinski definition) is 3. The van der Waals surface area contributed by atoms with Gasteiger partial charge in [-0.05, 0) is 37.1 Å². The number of anilines is 1. The number of aliphatic hydroxyl groups is 1. The van der Waals surface area contributed by atoms with Crippen molar-refractivity contribution in [2.75, 3.05) is 11.9 Å². The molecule has 1 amide bonds. The number of carbonyl (C=O) groups excluding carboxylic acids is 1. The third-order valence-corrected chi connectivity index (χ3v) is 3.26. The second-order valence-electron chi connectivity index (χ2n) is 4.75. The molecule has 0 spiro atoms. The second kappa shape index (κ2) is 6.52. The molecule has 1 saturated heterocycles. The molecule has 0 aliphatic carbocycles. The van der Waals surface area contributed by atoms with Gasteiger partial charge in [0.2, 0.25) is 5.91 Å². The zero-order chi connectivity index (χ0) is 12.8. The van der Waals surface area contributed by atoms with E-state index in [0.29, 0.717) is 12.5 Å². The SMILES string of the molecule is O=C(CC1CCCCN1)Nc1ccc(CO)cc1. The van der Waals surface area contributed by atoms with E-state index in [1.54, 1.807) is 0 Å². The average molecular weight is 248 g/mol. The molecule has 1 aliphatic heterocycles. The molecular weight excluding hydrogens is 228 g/mol. The Labute approximate surface area is 107 Å². The predicted molar refractivity (Wildman–Crippen MR) is 71.3 cm³/mol. The summed E-state index contributed by atoms with van der Waals surface area (Å²) in [5.41, 5.74) is 1.63. The van der Waals surface area contributed by atoms with E-state index < -0.39 is 0 Å². The van der Waals surface area contributed by atoms with Gasteiger partial charge in [0.25, 0.3) is 0 Å². The summed E-state index contributed by atoms with van der Waals surface area (Å²) in [6.45, 7) is 1.05. The van der Waals surface area contributed by atoms with Gasteiger partial charge in [-0.3, -0.25) is 4.79 Å². The van der Waals surface area contributed by atoms with Gasteiger partial charge in [0.05, 0.1) is 6.61 Å². The Bertz CT molecular complexity index is 383. The molecule has 0 saturated carbocycles. The van der Waals surface area contributed by atoms with Gasteiger partial charge in [-0.1, -0.05) is 18.6 Å². The molecule has 18 heavy (non-hydrogen) atoms. The van der Waals surface area contributed by atoms with Crippen LogP contribution in [0.15, 0.2) is 24.3 Å². The molecule has 98 valence electrons. The lowest BCUT2D eigenvalue weighted by Crippen LogP contribution is -2.36. The van der Waals surface area contributed by atoms with Crippen LogP contribution in [0, 0.1) is 0 Å². The van der Waals surface area contributed by atoms with Crippen molar-refractivity contribution in [3.63, 3.8) is 0 Å². The van der Waals surface area contributed by atoms with Gasteiger partial charge in [0.15, 0.2) is 0 Å². The topological polar surface area (TPSA) is 61.4 Å². The molecule has 2 rings (SSSR count). The molecule has 0 bridgehead atoms. The number of carbonyl (C=O) groups is 1. The minimum Gasteiger partial charge on any atom is -0.392 e. The van der Waals surface area contributed by atoms with Crippen LogP contribution in [0.25, 0.3) is 0 Å². The van der Waals surface area contributed by atoms with Gasteiger partial charge >= 0.3 is 0 Å². The van der Waals surface area contributed by atoms with Gasteiger partial charge in [0.1, 0.15) is 0 Å².